The van der Waals surface area contributed by atoms with Crippen LogP contribution in [0.2, 0.25) is 5.02 Å². The van der Waals surface area contributed by atoms with Crippen molar-refractivity contribution in [3.05, 3.63) is 70.2 Å². The number of hydrogen-bond donors (Lipinski definition) is 1. The van der Waals surface area contributed by atoms with Crippen molar-refractivity contribution in [2.24, 2.45) is 0 Å². The summed E-state index contributed by atoms with van der Waals surface area (Å²) in [5.41, 5.74) is 3.81. The van der Waals surface area contributed by atoms with Gasteiger partial charge in [0.05, 0.1) is 0 Å². The second kappa shape index (κ2) is 6.03. The Balaban J connectivity index is 1.96. The SMILES string of the molecule is Cc1ccc([C@H](C)NCc2cccc(Cl)c2)cc1. The van der Waals surface area contributed by atoms with Gasteiger partial charge < -0.3 is 5.32 Å². The molecule has 2 rings (SSSR count). The molecule has 0 unspecified atom stereocenters. The Hall–Kier alpha value is -1.31. The topological polar surface area (TPSA) is 12.0 Å². The minimum absolute atomic E-state index is 0.338. The molecule has 1 N–H and O–H groups in total. The predicted octanol–water partition coefficient (Wildman–Crippen LogP) is 4.50. The lowest BCUT2D eigenvalue weighted by Gasteiger charge is -2.14. The van der Waals surface area contributed by atoms with E-state index in [1.54, 1.807) is 0 Å². The van der Waals surface area contributed by atoms with Crippen molar-refractivity contribution >= 4 is 11.6 Å². The van der Waals surface area contributed by atoms with Gasteiger partial charge in [0.25, 0.3) is 0 Å². The van der Waals surface area contributed by atoms with Gasteiger partial charge in [-0.05, 0) is 37.1 Å². The predicted molar refractivity (Wildman–Crippen MR) is 77.9 cm³/mol. The van der Waals surface area contributed by atoms with Gasteiger partial charge in [0.15, 0.2) is 0 Å². The van der Waals surface area contributed by atoms with E-state index in [0.717, 1.165) is 11.6 Å². The summed E-state index contributed by atoms with van der Waals surface area (Å²) in [5, 5.41) is 4.29. The zero-order chi connectivity index (χ0) is 13.0. The van der Waals surface area contributed by atoms with E-state index < -0.39 is 0 Å². The first kappa shape index (κ1) is 13.1. The van der Waals surface area contributed by atoms with E-state index in [1.165, 1.54) is 16.7 Å². The third-order valence-electron chi connectivity index (χ3n) is 3.08. The molecule has 94 valence electrons. The Morgan fingerprint density at radius 1 is 1.11 bits per heavy atom. The van der Waals surface area contributed by atoms with E-state index in [-0.39, 0.29) is 0 Å². The average molecular weight is 260 g/mol. The van der Waals surface area contributed by atoms with E-state index in [4.69, 9.17) is 11.6 Å². The minimum Gasteiger partial charge on any atom is -0.306 e. The number of hydrogen-bond acceptors (Lipinski definition) is 1. The molecule has 0 aliphatic rings. The smallest absolute Gasteiger partial charge is 0.0409 e. The van der Waals surface area contributed by atoms with Crippen molar-refractivity contribution < 1.29 is 0 Å². The molecule has 0 heterocycles. The van der Waals surface area contributed by atoms with Gasteiger partial charge in [-0.1, -0.05) is 53.6 Å². The molecule has 0 fully saturated rings. The fraction of sp³-hybridized carbons (Fsp3) is 0.250. The zero-order valence-corrected chi connectivity index (χ0v) is 11.5. The first-order valence-electron chi connectivity index (χ1n) is 6.19. The highest BCUT2D eigenvalue weighted by molar-refractivity contribution is 6.30. The van der Waals surface area contributed by atoms with Crippen LogP contribution in [0.3, 0.4) is 0 Å². The molecule has 0 saturated heterocycles. The van der Waals surface area contributed by atoms with Crippen LogP contribution >= 0.6 is 11.6 Å². The lowest BCUT2D eigenvalue weighted by Crippen LogP contribution is -2.17. The summed E-state index contributed by atoms with van der Waals surface area (Å²) in [7, 11) is 0. The summed E-state index contributed by atoms with van der Waals surface area (Å²) in [4.78, 5) is 0. The fourth-order valence-corrected chi connectivity index (χ4v) is 2.10. The van der Waals surface area contributed by atoms with Crippen molar-refractivity contribution in [3.63, 3.8) is 0 Å². The standard InChI is InChI=1S/C16H18ClN/c1-12-6-8-15(9-7-12)13(2)18-11-14-4-3-5-16(17)10-14/h3-10,13,18H,11H2,1-2H3/t13-/m0/s1. The van der Waals surface area contributed by atoms with Gasteiger partial charge >= 0.3 is 0 Å². The highest BCUT2D eigenvalue weighted by Gasteiger charge is 2.04. The molecule has 2 aromatic carbocycles. The molecular formula is C16H18ClN. The van der Waals surface area contributed by atoms with E-state index in [1.807, 2.05) is 18.2 Å². The van der Waals surface area contributed by atoms with Crippen molar-refractivity contribution in [2.75, 3.05) is 0 Å². The van der Waals surface area contributed by atoms with Crippen LogP contribution in [0.1, 0.15) is 29.7 Å². The summed E-state index contributed by atoms with van der Waals surface area (Å²) >= 11 is 5.97. The summed E-state index contributed by atoms with van der Waals surface area (Å²) in [5.74, 6) is 0. The van der Waals surface area contributed by atoms with Crippen LogP contribution in [0.5, 0.6) is 0 Å². The molecule has 0 aliphatic carbocycles. The number of aryl methyl sites for hydroxylation is 1. The van der Waals surface area contributed by atoms with Crippen LogP contribution in [-0.4, -0.2) is 0 Å². The van der Waals surface area contributed by atoms with E-state index >= 15 is 0 Å². The molecule has 0 amide bonds. The van der Waals surface area contributed by atoms with Gasteiger partial charge in [-0.2, -0.15) is 0 Å². The minimum atomic E-state index is 0.338. The second-order valence-corrected chi connectivity index (χ2v) is 5.08. The summed E-state index contributed by atoms with van der Waals surface area (Å²) in [6.07, 6.45) is 0. The van der Waals surface area contributed by atoms with Crippen molar-refractivity contribution in [1.29, 1.82) is 0 Å². The molecule has 2 aromatic rings. The van der Waals surface area contributed by atoms with Gasteiger partial charge in [-0.3, -0.25) is 0 Å². The number of rotatable bonds is 4. The number of halogens is 1. The van der Waals surface area contributed by atoms with Crippen LogP contribution in [0.25, 0.3) is 0 Å². The Morgan fingerprint density at radius 3 is 2.50 bits per heavy atom. The Bertz CT molecular complexity index is 505. The van der Waals surface area contributed by atoms with Crippen molar-refractivity contribution in [3.8, 4) is 0 Å². The first-order chi connectivity index (χ1) is 8.65. The zero-order valence-electron chi connectivity index (χ0n) is 10.8. The normalized spacial score (nSPS) is 12.4. The highest BCUT2D eigenvalue weighted by atomic mass is 35.5. The Labute approximate surface area is 114 Å². The van der Waals surface area contributed by atoms with Crippen LogP contribution in [0.4, 0.5) is 0 Å². The Kier molecular flexibility index (Phi) is 4.40. The monoisotopic (exact) mass is 259 g/mol. The van der Waals surface area contributed by atoms with Gasteiger partial charge in [0, 0.05) is 17.6 Å². The highest BCUT2D eigenvalue weighted by Crippen LogP contribution is 2.15. The third kappa shape index (κ3) is 3.59. The van der Waals surface area contributed by atoms with Crippen LogP contribution in [0.15, 0.2) is 48.5 Å². The maximum absolute atomic E-state index is 5.97. The summed E-state index contributed by atoms with van der Waals surface area (Å²) < 4.78 is 0. The summed E-state index contributed by atoms with van der Waals surface area (Å²) in [6.45, 7) is 5.11. The molecule has 2 heteroatoms. The maximum Gasteiger partial charge on any atom is 0.0409 e. The molecule has 0 aliphatic heterocycles. The van der Waals surface area contributed by atoms with Gasteiger partial charge in [-0.15, -0.1) is 0 Å². The van der Waals surface area contributed by atoms with Crippen molar-refractivity contribution in [2.45, 2.75) is 26.4 Å². The quantitative estimate of drug-likeness (QED) is 0.853. The molecular weight excluding hydrogens is 242 g/mol. The van der Waals surface area contributed by atoms with E-state index in [0.29, 0.717) is 6.04 Å². The maximum atomic E-state index is 5.97. The van der Waals surface area contributed by atoms with Gasteiger partial charge in [0.2, 0.25) is 0 Å². The largest absolute Gasteiger partial charge is 0.306 e. The van der Waals surface area contributed by atoms with Crippen molar-refractivity contribution in [1.82, 2.24) is 5.32 Å². The summed E-state index contributed by atoms with van der Waals surface area (Å²) in [6, 6.07) is 16.9. The molecule has 0 aromatic heterocycles. The molecule has 0 saturated carbocycles. The second-order valence-electron chi connectivity index (χ2n) is 4.64. The van der Waals surface area contributed by atoms with E-state index in [2.05, 4.69) is 49.5 Å². The molecule has 0 radical (unpaired) electrons. The Morgan fingerprint density at radius 2 is 1.83 bits per heavy atom. The fourth-order valence-electron chi connectivity index (χ4n) is 1.89. The lowest BCUT2D eigenvalue weighted by atomic mass is 10.1. The first-order valence-corrected chi connectivity index (χ1v) is 6.57. The lowest BCUT2D eigenvalue weighted by molar-refractivity contribution is 0.574. The van der Waals surface area contributed by atoms with Crippen LogP contribution < -0.4 is 5.32 Å². The van der Waals surface area contributed by atoms with E-state index in [9.17, 15) is 0 Å². The number of benzene rings is 2. The van der Waals surface area contributed by atoms with Crippen LogP contribution in [-0.2, 0) is 6.54 Å². The molecule has 18 heavy (non-hydrogen) atoms. The van der Waals surface area contributed by atoms with Gasteiger partial charge in [-0.25, -0.2) is 0 Å². The molecule has 1 nitrogen and oxygen atoms in total. The third-order valence-corrected chi connectivity index (χ3v) is 3.31. The van der Waals surface area contributed by atoms with Crippen LogP contribution in [0, 0.1) is 6.92 Å². The molecule has 0 spiro atoms. The number of nitrogens with one attached hydrogen (secondary N) is 1. The average Bonchev–Trinajstić information content (AvgIpc) is 2.37. The molecule has 1 atom stereocenters. The molecule has 0 bridgehead atoms. The van der Waals surface area contributed by atoms with Gasteiger partial charge in [0.1, 0.15) is 0 Å².